The minimum absolute atomic E-state index is 0.00749. The largest absolute Gasteiger partial charge is 0.345 e. The highest BCUT2D eigenvalue weighted by atomic mass is 16.2. The Morgan fingerprint density at radius 2 is 1.88 bits per heavy atom. The van der Waals surface area contributed by atoms with Crippen LogP contribution >= 0.6 is 0 Å². The summed E-state index contributed by atoms with van der Waals surface area (Å²) in [4.78, 5) is 34.6. The van der Waals surface area contributed by atoms with Gasteiger partial charge < -0.3 is 9.88 Å². The van der Waals surface area contributed by atoms with Crippen LogP contribution in [0.15, 0.2) is 65.1 Å². The molecule has 4 aromatic rings. The molecule has 1 amide bonds. The zero-order valence-corrected chi connectivity index (χ0v) is 24.8. The number of amides is 1. The van der Waals surface area contributed by atoms with Gasteiger partial charge in [-0.1, -0.05) is 12.1 Å². The van der Waals surface area contributed by atoms with Gasteiger partial charge in [-0.3, -0.25) is 14.7 Å². The predicted octanol–water partition coefficient (Wildman–Crippen LogP) is 6.72. The lowest BCUT2D eigenvalue weighted by Crippen LogP contribution is -2.32. The fourth-order valence-electron chi connectivity index (χ4n) is 6.80. The van der Waals surface area contributed by atoms with Crippen LogP contribution in [0.5, 0.6) is 0 Å². The number of H-pyrrole nitrogens is 1. The molecule has 42 heavy (non-hydrogen) atoms. The van der Waals surface area contributed by atoms with E-state index in [0.717, 1.165) is 72.4 Å². The summed E-state index contributed by atoms with van der Waals surface area (Å²) in [7, 11) is 3.53. The monoisotopic (exact) mass is 558 g/mol. The number of rotatable bonds is 6. The van der Waals surface area contributed by atoms with Gasteiger partial charge in [-0.25, -0.2) is 9.97 Å². The third-order valence-corrected chi connectivity index (χ3v) is 9.14. The summed E-state index contributed by atoms with van der Waals surface area (Å²) < 4.78 is 0. The molecule has 7 rings (SSSR count). The normalized spacial score (nSPS) is 16.9. The van der Waals surface area contributed by atoms with Crippen LogP contribution in [0.25, 0.3) is 33.5 Å². The second-order valence-corrected chi connectivity index (χ2v) is 12.3. The third kappa shape index (κ3) is 5.07. The summed E-state index contributed by atoms with van der Waals surface area (Å²) in [5.41, 5.74) is 14.9. The van der Waals surface area contributed by atoms with Gasteiger partial charge >= 0.3 is 0 Å². The van der Waals surface area contributed by atoms with E-state index in [9.17, 15) is 4.79 Å². The molecule has 2 aliphatic heterocycles. The molecule has 2 aromatic heterocycles. The van der Waals surface area contributed by atoms with Crippen molar-refractivity contribution in [2.45, 2.75) is 58.4 Å². The van der Waals surface area contributed by atoms with Crippen molar-refractivity contribution in [3.8, 4) is 22.4 Å². The summed E-state index contributed by atoms with van der Waals surface area (Å²) in [5.74, 6) is -0.00749. The average Bonchev–Trinajstić information content (AvgIpc) is 3.63. The zero-order valence-electron chi connectivity index (χ0n) is 24.8. The first-order valence-corrected chi connectivity index (χ1v) is 15.2. The summed E-state index contributed by atoms with van der Waals surface area (Å²) in [6.07, 6.45) is 12.2. The molecule has 0 saturated carbocycles. The molecule has 0 atom stereocenters. The number of benzene rings is 2. The quantitative estimate of drug-likeness (QED) is 0.285. The summed E-state index contributed by atoms with van der Waals surface area (Å²) in [5, 5.41) is 0. The second kappa shape index (κ2) is 11.0. The van der Waals surface area contributed by atoms with E-state index in [1.54, 1.807) is 24.6 Å². The molecular weight excluding hydrogens is 520 g/mol. The molecule has 3 aliphatic rings. The van der Waals surface area contributed by atoms with E-state index in [4.69, 9.17) is 15.0 Å². The molecule has 4 heterocycles. The van der Waals surface area contributed by atoms with Crippen LogP contribution in [0.4, 0.5) is 0 Å². The number of fused-ring (bicyclic) bond motifs is 2. The van der Waals surface area contributed by atoms with E-state index in [0.29, 0.717) is 5.56 Å². The maximum absolute atomic E-state index is 12.3. The van der Waals surface area contributed by atoms with Gasteiger partial charge in [0.05, 0.1) is 11.9 Å². The molecule has 0 bridgehead atoms. The van der Waals surface area contributed by atoms with E-state index in [-0.39, 0.29) is 5.91 Å². The lowest BCUT2D eigenvalue weighted by molar-refractivity contribution is 0.0827. The highest BCUT2D eigenvalue weighted by Crippen LogP contribution is 2.34. The molecule has 7 nitrogen and oxygen atoms in total. The third-order valence-electron chi connectivity index (χ3n) is 9.14. The van der Waals surface area contributed by atoms with Crippen molar-refractivity contribution >= 4 is 22.8 Å². The minimum Gasteiger partial charge on any atom is -0.345 e. The molecule has 0 saturated heterocycles. The SMILES string of the molecule is Cc1cc(-c2cnc3[nH]cc(-c4ccc(C(=O)N(C)C)cc4)c3n2)cc2c1CCN(CCC1=NC3=C(CCCC3)C1)C2. The van der Waals surface area contributed by atoms with Crippen LogP contribution in [0.3, 0.4) is 0 Å². The average molecular weight is 559 g/mol. The number of carbonyl (C=O) groups excluding carboxylic acids is 1. The number of aliphatic imine (C=N–C) groups is 1. The van der Waals surface area contributed by atoms with Crippen LogP contribution in [0, 0.1) is 6.92 Å². The molecule has 214 valence electrons. The van der Waals surface area contributed by atoms with Gasteiger partial charge in [0.1, 0.15) is 5.52 Å². The van der Waals surface area contributed by atoms with Gasteiger partial charge in [0.25, 0.3) is 5.91 Å². The Kier molecular flexibility index (Phi) is 6.98. The number of nitrogens with one attached hydrogen (secondary N) is 1. The topological polar surface area (TPSA) is 77.5 Å². The van der Waals surface area contributed by atoms with Crippen molar-refractivity contribution in [3.05, 3.63) is 82.3 Å². The van der Waals surface area contributed by atoms with Crippen LogP contribution in [-0.4, -0.2) is 63.6 Å². The van der Waals surface area contributed by atoms with Crippen LogP contribution < -0.4 is 0 Å². The van der Waals surface area contributed by atoms with Gasteiger partial charge in [0.15, 0.2) is 5.65 Å². The van der Waals surface area contributed by atoms with Gasteiger partial charge in [-0.2, -0.15) is 0 Å². The van der Waals surface area contributed by atoms with E-state index < -0.39 is 0 Å². The fourth-order valence-corrected chi connectivity index (χ4v) is 6.80. The first kappa shape index (κ1) is 26.8. The van der Waals surface area contributed by atoms with Crippen molar-refractivity contribution in [1.29, 1.82) is 0 Å². The Morgan fingerprint density at radius 1 is 1.05 bits per heavy atom. The summed E-state index contributed by atoms with van der Waals surface area (Å²) >= 11 is 0. The smallest absolute Gasteiger partial charge is 0.253 e. The molecule has 1 N–H and O–H groups in total. The number of hydrogen-bond acceptors (Lipinski definition) is 5. The minimum atomic E-state index is -0.00749. The Bertz CT molecular complexity index is 1740. The lowest BCUT2D eigenvalue weighted by Gasteiger charge is -2.30. The molecular formula is C35H38N6O. The summed E-state index contributed by atoms with van der Waals surface area (Å²) in [6.45, 7) is 5.36. The predicted molar refractivity (Wildman–Crippen MR) is 169 cm³/mol. The molecule has 1 aliphatic carbocycles. The molecule has 0 radical (unpaired) electrons. The Balaban J connectivity index is 1.11. The van der Waals surface area contributed by atoms with Gasteiger partial charge in [-0.15, -0.1) is 0 Å². The van der Waals surface area contributed by atoms with Crippen molar-refractivity contribution in [1.82, 2.24) is 24.8 Å². The number of carbonyl (C=O) groups is 1. The van der Waals surface area contributed by atoms with E-state index >= 15 is 0 Å². The van der Waals surface area contributed by atoms with Crippen molar-refractivity contribution in [2.75, 3.05) is 27.2 Å². The van der Waals surface area contributed by atoms with E-state index in [1.165, 1.54) is 53.8 Å². The van der Waals surface area contributed by atoms with Crippen LogP contribution in [-0.2, 0) is 13.0 Å². The molecule has 0 unspecified atom stereocenters. The molecule has 0 spiro atoms. The first-order valence-electron chi connectivity index (χ1n) is 15.2. The van der Waals surface area contributed by atoms with E-state index in [1.807, 2.05) is 36.7 Å². The van der Waals surface area contributed by atoms with Crippen LogP contribution in [0.2, 0.25) is 0 Å². The number of allylic oxidation sites excluding steroid dienone is 2. The summed E-state index contributed by atoms with van der Waals surface area (Å²) in [6, 6.07) is 12.3. The lowest BCUT2D eigenvalue weighted by atomic mass is 9.91. The Hall–Kier alpha value is -4.10. The fraction of sp³-hybridized carbons (Fsp3) is 0.371. The number of aromatic amines is 1. The van der Waals surface area contributed by atoms with Gasteiger partial charge in [0, 0.05) is 74.4 Å². The highest BCUT2D eigenvalue weighted by Gasteiger charge is 2.23. The number of aryl methyl sites for hydroxylation is 1. The maximum atomic E-state index is 12.3. The number of aromatic nitrogens is 3. The number of hydrogen-bond donors (Lipinski definition) is 1. The zero-order chi connectivity index (χ0) is 28.8. The Morgan fingerprint density at radius 3 is 2.69 bits per heavy atom. The molecule has 0 fully saturated rings. The first-order chi connectivity index (χ1) is 20.4. The highest BCUT2D eigenvalue weighted by molar-refractivity contribution is 5.96. The van der Waals surface area contributed by atoms with Crippen molar-refractivity contribution < 1.29 is 4.79 Å². The van der Waals surface area contributed by atoms with Crippen molar-refractivity contribution in [3.63, 3.8) is 0 Å². The standard InChI is InChI=1S/C35H38N6O/c1-22-16-26(17-27-21-41(15-13-29(22)27)14-12-28-18-25-6-4-5-7-31(25)38-28)32-20-37-34-33(39-32)30(19-36-34)23-8-10-24(11-9-23)35(42)40(2)3/h8-11,16-17,19-20H,4-7,12-15,18,21H2,1-3H3,(H,36,37). The van der Waals surface area contributed by atoms with Crippen LogP contribution in [0.1, 0.15) is 65.6 Å². The molecule has 7 heteroatoms. The van der Waals surface area contributed by atoms with Gasteiger partial charge in [-0.05, 0) is 97.5 Å². The maximum Gasteiger partial charge on any atom is 0.253 e. The Labute approximate surface area is 247 Å². The second-order valence-electron chi connectivity index (χ2n) is 12.3. The number of nitrogens with zero attached hydrogens (tertiary/aromatic N) is 5. The van der Waals surface area contributed by atoms with Gasteiger partial charge in [0.2, 0.25) is 0 Å². The van der Waals surface area contributed by atoms with E-state index in [2.05, 4.69) is 28.9 Å². The molecule has 2 aromatic carbocycles. The van der Waals surface area contributed by atoms with Crippen molar-refractivity contribution in [2.24, 2.45) is 4.99 Å².